The maximum absolute atomic E-state index is 12.6. The van der Waals surface area contributed by atoms with E-state index in [9.17, 15) is 14.4 Å². The molecular formula is C18H19N3O4S. The van der Waals surface area contributed by atoms with Crippen LogP contribution in [0.1, 0.15) is 38.1 Å². The van der Waals surface area contributed by atoms with Gasteiger partial charge >= 0.3 is 0 Å². The first-order chi connectivity index (χ1) is 12.4. The minimum atomic E-state index is -0.584. The van der Waals surface area contributed by atoms with Crippen molar-refractivity contribution in [1.82, 2.24) is 4.90 Å². The fourth-order valence-electron chi connectivity index (χ4n) is 2.96. The summed E-state index contributed by atoms with van der Waals surface area (Å²) in [7, 11) is 1.52. The zero-order valence-electron chi connectivity index (χ0n) is 14.5. The van der Waals surface area contributed by atoms with Crippen LogP contribution >= 0.6 is 11.3 Å². The van der Waals surface area contributed by atoms with E-state index in [0.29, 0.717) is 41.4 Å². The van der Waals surface area contributed by atoms with Gasteiger partial charge in [0.15, 0.2) is 0 Å². The van der Waals surface area contributed by atoms with Crippen molar-refractivity contribution in [2.24, 2.45) is 5.73 Å². The van der Waals surface area contributed by atoms with Crippen molar-refractivity contribution in [3.63, 3.8) is 0 Å². The molecule has 0 spiro atoms. The van der Waals surface area contributed by atoms with Gasteiger partial charge in [-0.05, 0) is 30.2 Å². The Hall–Kier alpha value is -2.87. The van der Waals surface area contributed by atoms with Crippen LogP contribution in [0.4, 0.5) is 5.00 Å². The fraction of sp³-hybridized carbons (Fsp3) is 0.278. The molecule has 136 valence electrons. The predicted molar refractivity (Wildman–Crippen MR) is 98.6 cm³/mol. The maximum Gasteiger partial charge on any atom is 0.256 e. The Morgan fingerprint density at radius 2 is 2.08 bits per heavy atom. The van der Waals surface area contributed by atoms with Gasteiger partial charge in [-0.3, -0.25) is 14.4 Å². The van der Waals surface area contributed by atoms with E-state index in [1.165, 1.54) is 25.4 Å². The minimum Gasteiger partial charge on any atom is -0.497 e. The van der Waals surface area contributed by atoms with Crippen molar-refractivity contribution in [3.8, 4) is 5.75 Å². The van der Waals surface area contributed by atoms with Crippen LogP contribution in [0, 0.1) is 0 Å². The molecule has 3 amide bonds. The second kappa shape index (κ2) is 7.17. The second-order valence-corrected chi connectivity index (χ2v) is 7.05. The number of ether oxygens (including phenoxy) is 1. The average Bonchev–Trinajstić information content (AvgIpc) is 2.98. The van der Waals surface area contributed by atoms with Gasteiger partial charge in [0.05, 0.1) is 19.2 Å². The highest BCUT2D eigenvalue weighted by atomic mass is 32.1. The number of anilines is 1. The molecule has 0 unspecified atom stereocenters. The molecule has 7 nitrogen and oxygen atoms in total. The molecule has 8 heteroatoms. The molecule has 1 aromatic carbocycles. The van der Waals surface area contributed by atoms with Gasteiger partial charge in [-0.2, -0.15) is 0 Å². The van der Waals surface area contributed by atoms with Crippen molar-refractivity contribution < 1.29 is 19.1 Å². The van der Waals surface area contributed by atoms with Gasteiger partial charge in [0.1, 0.15) is 10.8 Å². The SMILES string of the molecule is COc1cccc(C(=O)Nc2sc3c(c2C(N)=O)CCN(C(C)=O)C3)c1. The standard InChI is InChI=1S/C18H19N3O4S/c1-10(22)21-7-6-13-14(9-21)26-18(15(13)16(19)23)20-17(24)11-4-3-5-12(8-11)25-2/h3-5,8H,6-7,9H2,1-2H3,(H2,19,23)(H,20,24). The summed E-state index contributed by atoms with van der Waals surface area (Å²) in [4.78, 5) is 38.7. The number of benzene rings is 1. The number of carbonyl (C=O) groups is 3. The van der Waals surface area contributed by atoms with E-state index in [1.54, 1.807) is 29.2 Å². The smallest absolute Gasteiger partial charge is 0.256 e. The Kier molecular flexibility index (Phi) is 4.94. The van der Waals surface area contributed by atoms with E-state index >= 15 is 0 Å². The Balaban J connectivity index is 1.91. The van der Waals surface area contributed by atoms with Crippen LogP contribution in [0.15, 0.2) is 24.3 Å². The van der Waals surface area contributed by atoms with Crippen LogP contribution in [0.25, 0.3) is 0 Å². The van der Waals surface area contributed by atoms with Gasteiger partial charge in [0.2, 0.25) is 5.91 Å². The summed E-state index contributed by atoms with van der Waals surface area (Å²) in [6.45, 7) is 2.46. The number of nitrogens with zero attached hydrogens (tertiary/aromatic N) is 1. The molecule has 0 radical (unpaired) electrons. The predicted octanol–water partition coefficient (Wildman–Crippen LogP) is 2.01. The van der Waals surface area contributed by atoms with Crippen molar-refractivity contribution in [2.45, 2.75) is 19.9 Å². The average molecular weight is 373 g/mol. The molecule has 1 aromatic heterocycles. The van der Waals surface area contributed by atoms with E-state index < -0.39 is 5.91 Å². The number of primary amides is 1. The summed E-state index contributed by atoms with van der Waals surface area (Å²) in [6.07, 6.45) is 0.540. The first-order valence-corrected chi connectivity index (χ1v) is 8.87. The molecule has 2 aromatic rings. The molecule has 26 heavy (non-hydrogen) atoms. The fourth-order valence-corrected chi connectivity index (χ4v) is 4.22. The van der Waals surface area contributed by atoms with E-state index in [2.05, 4.69) is 5.32 Å². The van der Waals surface area contributed by atoms with Gasteiger partial charge in [-0.25, -0.2) is 0 Å². The van der Waals surface area contributed by atoms with Crippen molar-refractivity contribution in [2.75, 3.05) is 19.0 Å². The Morgan fingerprint density at radius 1 is 1.31 bits per heavy atom. The van der Waals surface area contributed by atoms with Crippen molar-refractivity contribution in [1.29, 1.82) is 0 Å². The monoisotopic (exact) mass is 373 g/mol. The number of thiophene rings is 1. The van der Waals surface area contributed by atoms with Crippen LogP contribution < -0.4 is 15.8 Å². The summed E-state index contributed by atoms with van der Waals surface area (Å²) in [6, 6.07) is 6.73. The van der Waals surface area contributed by atoms with Gasteiger partial charge in [0, 0.05) is 23.9 Å². The van der Waals surface area contributed by atoms with Gasteiger partial charge in [-0.1, -0.05) is 6.07 Å². The highest BCUT2D eigenvalue weighted by Gasteiger charge is 2.28. The maximum atomic E-state index is 12.6. The molecule has 0 aliphatic carbocycles. The number of rotatable bonds is 4. The van der Waals surface area contributed by atoms with Gasteiger partial charge in [0.25, 0.3) is 11.8 Å². The largest absolute Gasteiger partial charge is 0.497 e. The van der Waals surface area contributed by atoms with E-state index in [0.717, 1.165) is 10.4 Å². The zero-order chi connectivity index (χ0) is 18.8. The minimum absolute atomic E-state index is 0.0216. The van der Waals surface area contributed by atoms with Crippen LogP contribution in [-0.2, 0) is 17.8 Å². The summed E-state index contributed by atoms with van der Waals surface area (Å²) in [5.41, 5.74) is 7.12. The number of nitrogens with one attached hydrogen (secondary N) is 1. The number of hydrogen-bond donors (Lipinski definition) is 2. The van der Waals surface area contributed by atoms with Crippen LogP contribution in [-0.4, -0.2) is 36.3 Å². The highest BCUT2D eigenvalue weighted by Crippen LogP contribution is 2.37. The van der Waals surface area contributed by atoms with E-state index in [-0.39, 0.29) is 11.8 Å². The van der Waals surface area contributed by atoms with Crippen molar-refractivity contribution >= 4 is 34.1 Å². The van der Waals surface area contributed by atoms with Gasteiger partial charge in [-0.15, -0.1) is 11.3 Å². The molecule has 3 N–H and O–H groups in total. The first-order valence-electron chi connectivity index (χ1n) is 8.06. The summed E-state index contributed by atoms with van der Waals surface area (Å²) in [5, 5.41) is 3.20. The molecule has 1 aliphatic heterocycles. The van der Waals surface area contributed by atoms with E-state index in [1.807, 2.05) is 0 Å². The Morgan fingerprint density at radius 3 is 2.73 bits per heavy atom. The summed E-state index contributed by atoms with van der Waals surface area (Å²) >= 11 is 1.29. The lowest BCUT2D eigenvalue weighted by atomic mass is 10.0. The molecule has 0 atom stereocenters. The normalized spacial score (nSPS) is 13.1. The molecule has 0 saturated heterocycles. The third kappa shape index (κ3) is 3.41. The van der Waals surface area contributed by atoms with E-state index in [4.69, 9.17) is 10.5 Å². The number of nitrogens with two attached hydrogens (primary N) is 1. The first kappa shape index (κ1) is 17.9. The highest BCUT2D eigenvalue weighted by molar-refractivity contribution is 7.17. The lowest BCUT2D eigenvalue weighted by Gasteiger charge is -2.25. The summed E-state index contributed by atoms with van der Waals surface area (Å²) in [5.74, 6) is -0.393. The molecule has 3 rings (SSSR count). The third-order valence-electron chi connectivity index (χ3n) is 4.31. The molecular weight excluding hydrogens is 354 g/mol. The molecule has 0 fully saturated rings. The lowest BCUT2D eigenvalue weighted by Crippen LogP contribution is -2.34. The molecule has 1 aliphatic rings. The number of amides is 3. The Bertz CT molecular complexity index is 891. The van der Waals surface area contributed by atoms with Crippen LogP contribution in [0.5, 0.6) is 5.75 Å². The Labute approximate surface area is 154 Å². The second-order valence-electron chi connectivity index (χ2n) is 5.95. The van der Waals surface area contributed by atoms with Gasteiger partial charge < -0.3 is 20.7 Å². The van der Waals surface area contributed by atoms with Crippen LogP contribution in [0.3, 0.4) is 0 Å². The zero-order valence-corrected chi connectivity index (χ0v) is 15.3. The number of hydrogen-bond acceptors (Lipinski definition) is 5. The third-order valence-corrected chi connectivity index (χ3v) is 5.44. The quantitative estimate of drug-likeness (QED) is 0.856. The topological polar surface area (TPSA) is 102 Å². The molecule has 0 saturated carbocycles. The number of methoxy groups -OCH3 is 1. The number of fused-ring (bicyclic) bond motifs is 1. The summed E-state index contributed by atoms with van der Waals surface area (Å²) < 4.78 is 5.13. The lowest BCUT2D eigenvalue weighted by molar-refractivity contribution is -0.129. The molecule has 2 heterocycles. The van der Waals surface area contributed by atoms with Crippen LogP contribution in [0.2, 0.25) is 0 Å². The van der Waals surface area contributed by atoms with Crippen molar-refractivity contribution in [3.05, 3.63) is 45.8 Å². The molecule has 0 bridgehead atoms. The number of carbonyl (C=O) groups excluding carboxylic acids is 3.